The minimum absolute atomic E-state index is 0.0892. The SMILES string of the molecule is CSc1sc(C(=O)O)c2c1-c1nc(Nc3cc(N4CCN(C)CC4)ccc3OC(F)(F)F)ncc1CC2. The van der Waals surface area contributed by atoms with Crippen LogP contribution in [0.15, 0.2) is 28.6 Å². The molecule has 3 heterocycles. The topological polar surface area (TPSA) is 90.8 Å². The Kier molecular flexibility index (Phi) is 6.94. The lowest BCUT2D eigenvalue weighted by Gasteiger charge is -2.34. The van der Waals surface area contributed by atoms with Crippen molar-refractivity contribution in [2.45, 2.75) is 23.4 Å². The summed E-state index contributed by atoms with van der Waals surface area (Å²) in [6.45, 7) is 3.18. The number of likely N-dealkylation sites (N-methyl/N-ethyl adjacent to an activating group) is 1. The lowest BCUT2D eigenvalue weighted by Crippen LogP contribution is -2.44. The summed E-state index contributed by atoms with van der Waals surface area (Å²) < 4.78 is 44.6. The number of hydrogen-bond acceptors (Lipinski definition) is 9. The fourth-order valence-electron chi connectivity index (χ4n) is 4.57. The average Bonchev–Trinajstić information content (AvgIpc) is 3.24. The molecular formula is C24H24F3N5O3S2. The van der Waals surface area contributed by atoms with Gasteiger partial charge in [-0.15, -0.1) is 36.3 Å². The third-order valence-electron chi connectivity index (χ3n) is 6.40. The quantitative estimate of drug-likeness (QED) is 0.405. The maximum Gasteiger partial charge on any atom is 0.573 e. The largest absolute Gasteiger partial charge is 0.573 e. The molecule has 37 heavy (non-hydrogen) atoms. The number of halogens is 3. The molecule has 1 aliphatic heterocycles. The first-order chi connectivity index (χ1) is 17.6. The number of hydrogen-bond donors (Lipinski definition) is 2. The molecule has 0 unspecified atom stereocenters. The van der Waals surface area contributed by atoms with E-state index in [2.05, 4.69) is 29.8 Å². The Labute approximate surface area is 219 Å². The molecule has 1 aliphatic carbocycles. The summed E-state index contributed by atoms with van der Waals surface area (Å²) in [6, 6.07) is 4.52. The molecule has 0 atom stereocenters. The number of benzene rings is 1. The van der Waals surface area contributed by atoms with Gasteiger partial charge >= 0.3 is 12.3 Å². The van der Waals surface area contributed by atoms with Crippen molar-refractivity contribution >= 4 is 46.4 Å². The highest BCUT2D eigenvalue weighted by Crippen LogP contribution is 2.46. The second-order valence-corrected chi connectivity index (χ2v) is 10.9. The number of anilines is 3. The number of thioether (sulfide) groups is 1. The zero-order chi connectivity index (χ0) is 26.3. The molecule has 2 aromatic heterocycles. The Hall–Kier alpha value is -3.03. The second kappa shape index (κ2) is 10.0. The van der Waals surface area contributed by atoms with Gasteiger partial charge in [-0.3, -0.25) is 0 Å². The number of fused-ring (bicyclic) bond motifs is 3. The smallest absolute Gasteiger partial charge is 0.477 e. The zero-order valence-corrected chi connectivity index (χ0v) is 21.7. The number of alkyl halides is 3. The van der Waals surface area contributed by atoms with Crippen LogP contribution in [0.5, 0.6) is 5.75 Å². The van der Waals surface area contributed by atoms with Gasteiger partial charge in [0.2, 0.25) is 5.95 Å². The standard InChI is InChI=1S/C24H24F3N5O3S2/c1-31-7-9-32(10-8-31)14-4-6-17(35-24(25,26)27)16(11-14)29-23-28-12-13-3-5-15-18(19(13)30-23)22(36-2)37-20(15)21(33)34/h4,6,11-12H,3,5,7-10H2,1-2H3,(H,33,34)(H,28,29,30). The summed E-state index contributed by atoms with van der Waals surface area (Å²) in [5, 5.41) is 12.6. The van der Waals surface area contributed by atoms with Crippen LogP contribution < -0.4 is 15.0 Å². The molecule has 8 nitrogen and oxygen atoms in total. The van der Waals surface area contributed by atoms with Crippen molar-refractivity contribution in [3.8, 4) is 17.0 Å². The van der Waals surface area contributed by atoms with Gasteiger partial charge in [0, 0.05) is 43.6 Å². The average molecular weight is 552 g/mol. The van der Waals surface area contributed by atoms with E-state index in [-0.39, 0.29) is 17.4 Å². The van der Waals surface area contributed by atoms with E-state index in [0.29, 0.717) is 23.4 Å². The summed E-state index contributed by atoms with van der Waals surface area (Å²) in [6.07, 6.45) is -0.210. The van der Waals surface area contributed by atoms with Crippen LogP contribution in [0, 0.1) is 0 Å². The first-order valence-electron chi connectivity index (χ1n) is 11.5. The van der Waals surface area contributed by atoms with Crippen molar-refractivity contribution in [3.05, 3.63) is 40.4 Å². The molecule has 2 aliphatic rings. The number of carboxylic acid groups (broad SMARTS) is 1. The second-order valence-electron chi connectivity index (χ2n) is 8.79. The fourth-order valence-corrected chi connectivity index (χ4v) is 6.50. The lowest BCUT2D eigenvalue weighted by molar-refractivity contribution is -0.274. The Morgan fingerprint density at radius 2 is 1.97 bits per heavy atom. The van der Waals surface area contributed by atoms with Crippen LogP contribution in [-0.4, -0.2) is 71.8 Å². The molecule has 0 saturated carbocycles. The third-order valence-corrected chi connectivity index (χ3v) is 8.74. The van der Waals surface area contributed by atoms with Gasteiger partial charge in [0.05, 0.1) is 15.6 Å². The van der Waals surface area contributed by atoms with Crippen molar-refractivity contribution in [1.29, 1.82) is 0 Å². The number of aromatic carboxylic acids is 1. The number of nitrogens with one attached hydrogen (secondary N) is 1. The molecule has 0 bridgehead atoms. The van der Waals surface area contributed by atoms with Crippen LogP contribution in [0.2, 0.25) is 0 Å². The number of rotatable bonds is 6. The van der Waals surface area contributed by atoms with Crippen LogP contribution in [-0.2, 0) is 12.8 Å². The molecule has 13 heteroatoms. The van der Waals surface area contributed by atoms with Gasteiger partial charge in [-0.2, -0.15) is 0 Å². The van der Waals surface area contributed by atoms with Crippen molar-refractivity contribution in [1.82, 2.24) is 14.9 Å². The minimum atomic E-state index is -4.87. The molecule has 0 amide bonds. The summed E-state index contributed by atoms with van der Waals surface area (Å²) >= 11 is 2.65. The van der Waals surface area contributed by atoms with Gasteiger partial charge in [-0.05, 0) is 55.5 Å². The van der Waals surface area contributed by atoms with Crippen LogP contribution in [0.25, 0.3) is 11.3 Å². The number of ether oxygens (including phenoxy) is 1. The van der Waals surface area contributed by atoms with E-state index >= 15 is 0 Å². The van der Waals surface area contributed by atoms with E-state index in [1.807, 2.05) is 13.3 Å². The Morgan fingerprint density at radius 1 is 1.22 bits per heavy atom. The van der Waals surface area contributed by atoms with Crippen molar-refractivity contribution in [3.63, 3.8) is 0 Å². The highest BCUT2D eigenvalue weighted by molar-refractivity contribution is 8.00. The zero-order valence-electron chi connectivity index (χ0n) is 20.1. The van der Waals surface area contributed by atoms with Crippen molar-refractivity contribution in [2.75, 3.05) is 49.7 Å². The molecule has 2 N–H and O–H groups in total. The van der Waals surface area contributed by atoms with Crippen LogP contribution >= 0.6 is 23.1 Å². The molecule has 3 aromatic rings. The highest BCUT2D eigenvalue weighted by Gasteiger charge is 2.33. The number of carbonyl (C=O) groups is 1. The van der Waals surface area contributed by atoms with E-state index in [9.17, 15) is 23.1 Å². The first kappa shape index (κ1) is 25.6. The van der Waals surface area contributed by atoms with E-state index in [0.717, 1.165) is 52.8 Å². The summed E-state index contributed by atoms with van der Waals surface area (Å²) in [7, 11) is 2.03. The Balaban J connectivity index is 1.52. The monoisotopic (exact) mass is 551 g/mol. The molecule has 1 aromatic carbocycles. The molecule has 1 saturated heterocycles. The van der Waals surface area contributed by atoms with Gasteiger partial charge in [0.15, 0.2) is 5.75 Å². The molecule has 0 radical (unpaired) electrons. The van der Waals surface area contributed by atoms with Crippen LogP contribution in [0.1, 0.15) is 20.8 Å². The molecule has 0 spiro atoms. The van der Waals surface area contributed by atoms with Gasteiger partial charge in [0.1, 0.15) is 4.88 Å². The maximum absolute atomic E-state index is 13.2. The molecule has 5 rings (SSSR count). The maximum atomic E-state index is 13.2. The van der Waals surface area contributed by atoms with Crippen molar-refractivity contribution in [2.24, 2.45) is 0 Å². The summed E-state index contributed by atoms with van der Waals surface area (Å²) in [5.41, 5.74) is 3.81. The predicted octanol–water partition coefficient (Wildman–Crippen LogP) is 5.12. The van der Waals surface area contributed by atoms with Gasteiger partial charge in [0.25, 0.3) is 0 Å². The number of carboxylic acids is 1. The summed E-state index contributed by atoms with van der Waals surface area (Å²) in [5.74, 6) is -1.27. The van der Waals surface area contributed by atoms with Gasteiger partial charge < -0.3 is 25.0 Å². The third kappa shape index (κ3) is 5.34. The van der Waals surface area contributed by atoms with E-state index in [1.54, 1.807) is 18.3 Å². The van der Waals surface area contributed by atoms with Crippen LogP contribution in [0.3, 0.4) is 0 Å². The number of thiophene rings is 1. The minimum Gasteiger partial charge on any atom is -0.477 e. The Morgan fingerprint density at radius 3 is 2.65 bits per heavy atom. The lowest BCUT2D eigenvalue weighted by atomic mass is 9.91. The van der Waals surface area contributed by atoms with E-state index < -0.39 is 12.3 Å². The fraction of sp³-hybridized carbons (Fsp3) is 0.375. The van der Waals surface area contributed by atoms with Crippen LogP contribution in [0.4, 0.5) is 30.5 Å². The van der Waals surface area contributed by atoms with E-state index in [4.69, 9.17) is 0 Å². The molecule has 1 fully saturated rings. The van der Waals surface area contributed by atoms with Gasteiger partial charge in [-0.25, -0.2) is 14.8 Å². The van der Waals surface area contributed by atoms with E-state index in [1.165, 1.54) is 29.2 Å². The normalized spacial score (nSPS) is 15.8. The number of nitrogens with zero attached hydrogens (tertiary/aromatic N) is 4. The molecule has 196 valence electrons. The summed E-state index contributed by atoms with van der Waals surface area (Å²) in [4.78, 5) is 25.4. The highest BCUT2D eigenvalue weighted by atomic mass is 32.2. The number of aromatic nitrogens is 2. The number of piperazine rings is 1. The van der Waals surface area contributed by atoms with Gasteiger partial charge in [-0.1, -0.05) is 0 Å². The molecular weight excluding hydrogens is 527 g/mol. The predicted molar refractivity (Wildman–Crippen MR) is 138 cm³/mol. The first-order valence-corrected chi connectivity index (χ1v) is 13.6. The Bertz CT molecular complexity index is 1340. The van der Waals surface area contributed by atoms with Crippen molar-refractivity contribution < 1.29 is 27.8 Å². The number of aryl methyl sites for hydroxylation is 1.